The van der Waals surface area contributed by atoms with Gasteiger partial charge < -0.3 is 0 Å². The van der Waals surface area contributed by atoms with E-state index in [0.29, 0.717) is 25.0 Å². The summed E-state index contributed by atoms with van der Waals surface area (Å²) in [5.41, 5.74) is 5.28. The summed E-state index contributed by atoms with van der Waals surface area (Å²) in [4.78, 5) is 23.7. The van der Waals surface area contributed by atoms with Gasteiger partial charge in [-0.25, -0.2) is 4.98 Å². The minimum Gasteiger partial charge on any atom is -0.298 e. The van der Waals surface area contributed by atoms with Crippen LogP contribution in [0, 0.1) is 12.8 Å². The summed E-state index contributed by atoms with van der Waals surface area (Å²) < 4.78 is 1.92. The van der Waals surface area contributed by atoms with Crippen LogP contribution in [0.15, 0.2) is 59.4 Å². The molecule has 1 aliphatic heterocycles. The van der Waals surface area contributed by atoms with Gasteiger partial charge in [-0.1, -0.05) is 69.2 Å². The third-order valence-corrected chi connectivity index (χ3v) is 7.75. The van der Waals surface area contributed by atoms with Crippen molar-refractivity contribution in [1.82, 2.24) is 14.5 Å². The monoisotopic (exact) mass is 456 g/mol. The van der Waals surface area contributed by atoms with Gasteiger partial charge in [-0.2, -0.15) is 0 Å². The molecule has 2 aliphatic rings. The molecule has 0 amide bonds. The predicted octanol–water partition coefficient (Wildman–Crippen LogP) is 5.65. The molecule has 178 valence electrons. The zero-order valence-electron chi connectivity index (χ0n) is 20.7. The van der Waals surface area contributed by atoms with Gasteiger partial charge in [0.2, 0.25) is 5.95 Å². The van der Waals surface area contributed by atoms with Crippen LogP contribution in [0.4, 0.5) is 11.6 Å². The van der Waals surface area contributed by atoms with Crippen molar-refractivity contribution in [2.45, 2.75) is 72.0 Å². The maximum Gasteiger partial charge on any atom is 0.259 e. The fraction of sp³-hybridized carbons (Fsp3) is 0.448. The quantitative estimate of drug-likeness (QED) is 0.497. The predicted molar refractivity (Wildman–Crippen MR) is 139 cm³/mol. The van der Waals surface area contributed by atoms with Crippen LogP contribution < -0.4 is 10.5 Å². The number of aromatic nitrogens is 2. The first-order valence-electron chi connectivity index (χ1n) is 12.8. The van der Waals surface area contributed by atoms with Crippen molar-refractivity contribution in [3.63, 3.8) is 0 Å². The van der Waals surface area contributed by atoms with E-state index in [9.17, 15) is 4.79 Å². The summed E-state index contributed by atoms with van der Waals surface area (Å²) >= 11 is 0. The molecule has 2 aromatic carbocycles. The number of hydrogen-bond donors (Lipinski definition) is 0. The van der Waals surface area contributed by atoms with Gasteiger partial charge >= 0.3 is 0 Å². The Hall–Kier alpha value is -2.92. The van der Waals surface area contributed by atoms with E-state index in [1.54, 1.807) is 0 Å². The molecule has 0 N–H and O–H groups in total. The molecule has 0 radical (unpaired) electrons. The largest absolute Gasteiger partial charge is 0.298 e. The first-order chi connectivity index (χ1) is 16.5. The van der Waals surface area contributed by atoms with Gasteiger partial charge in [0, 0.05) is 23.7 Å². The van der Waals surface area contributed by atoms with Gasteiger partial charge in [0.25, 0.3) is 5.56 Å². The lowest BCUT2D eigenvalue weighted by Crippen LogP contribution is -2.53. The molecule has 3 aromatic rings. The second-order valence-electron chi connectivity index (χ2n) is 10.0. The van der Waals surface area contributed by atoms with Crippen molar-refractivity contribution < 1.29 is 0 Å². The van der Waals surface area contributed by atoms with E-state index < -0.39 is 0 Å². The van der Waals surface area contributed by atoms with E-state index in [-0.39, 0.29) is 5.56 Å². The minimum atomic E-state index is 0.0923. The Morgan fingerprint density at radius 2 is 1.68 bits per heavy atom. The molecule has 0 saturated heterocycles. The molecule has 2 atom stereocenters. The van der Waals surface area contributed by atoms with Crippen molar-refractivity contribution >= 4 is 11.6 Å². The molecule has 1 aliphatic carbocycles. The van der Waals surface area contributed by atoms with E-state index in [1.165, 1.54) is 31.2 Å². The summed E-state index contributed by atoms with van der Waals surface area (Å²) in [6.45, 7) is 7.91. The van der Waals surface area contributed by atoms with E-state index >= 15 is 0 Å². The number of hydrogen-bond acceptors (Lipinski definition) is 4. The summed E-state index contributed by atoms with van der Waals surface area (Å²) in [6.07, 6.45) is 6.67. The fourth-order valence-corrected chi connectivity index (χ4v) is 5.65. The van der Waals surface area contributed by atoms with Gasteiger partial charge in [0.15, 0.2) is 0 Å². The Labute approximate surface area is 203 Å². The van der Waals surface area contributed by atoms with Crippen LogP contribution in [0.1, 0.15) is 61.9 Å². The first-order valence-corrected chi connectivity index (χ1v) is 12.8. The number of rotatable bonds is 5. The number of nitrogens with zero attached hydrogens (tertiary/aromatic N) is 4. The Balaban J connectivity index is 1.58. The summed E-state index contributed by atoms with van der Waals surface area (Å²) in [5, 5.41) is 0. The molecule has 1 aromatic heterocycles. The number of benzene rings is 2. The SMILES string of the molecule is CCc1ccc(N2CN(C3CCCCC3C)Cn3c2nc(C)c(Cc2ccccc2)c3=O)cc1. The lowest BCUT2D eigenvalue weighted by atomic mass is 9.85. The average Bonchev–Trinajstić information content (AvgIpc) is 2.87. The molecule has 5 nitrogen and oxygen atoms in total. The Morgan fingerprint density at radius 3 is 2.38 bits per heavy atom. The van der Waals surface area contributed by atoms with Crippen molar-refractivity contribution in [3.8, 4) is 0 Å². The third kappa shape index (κ3) is 4.41. The molecular formula is C29H36N4O. The van der Waals surface area contributed by atoms with Crippen molar-refractivity contribution in [3.05, 3.63) is 87.3 Å². The van der Waals surface area contributed by atoms with Gasteiger partial charge in [-0.15, -0.1) is 0 Å². The topological polar surface area (TPSA) is 41.4 Å². The Morgan fingerprint density at radius 1 is 0.941 bits per heavy atom. The van der Waals surface area contributed by atoms with Crippen LogP contribution in [0.3, 0.4) is 0 Å². The molecule has 34 heavy (non-hydrogen) atoms. The van der Waals surface area contributed by atoms with Gasteiger partial charge in [0.05, 0.1) is 19.0 Å². The van der Waals surface area contributed by atoms with Gasteiger partial charge in [-0.3, -0.25) is 19.2 Å². The number of anilines is 2. The van der Waals surface area contributed by atoms with E-state index in [0.717, 1.165) is 41.5 Å². The van der Waals surface area contributed by atoms with Crippen LogP contribution in [0.25, 0.3) is 0 Å². The van der Waals surface area contributed by atoms with Crippen LogP contribution in [0.2, 0.25) is 0 Å². The standard InChI is InChI=1S/C29H36N4O/c1-4-23-14-16-25(17-15-23)32-19-31(27-13-9-8-10-21(27)2)20-33-28(34)26(22(3)30-29(32)33)18-24-11-6-5-7-12-24/h5-7,11-12,14-17,21,27H,4,8-10,13,18-20H2,1-3H3. The smallest absolute Gasteiger partial charge is 0.259 e. The lowest BCUT2D eigenvalue weighted by molar-refractivity contribution is 0.0723. The summed E-state index contributed by atoms with van der Waals surface area (Å²) in [5.74, 6) is 1.40. The van der Waals surface area contributed by atoms with Gasteiger partial charge in [0.1, 0.15) is 0 Å². The van der Waals surface area contributed by atoms with Crippen molar-refractivity contribution in [1.29, 1.82) is 0 Å². The van der Waals surface area contributed by atoms with Crippen molar-refractivity contribution in [2.75, 3.05) is 11.6 Å². The first kappa shape index (κ1) is 22.9. The highest BCUT2D eigenvalue weighted by molar-refractivity contribution is 5.59. The Kier molecular flexibility index (Phi) is 6.55. The maximum atomic E-state index is 13.9. The molecule has 5 heteroatoms. The number of fused-ring (bicyclic) bond motifs is 1. The molecule has 5 rings (SSSR count). The van der Waals surface area contributed by atoms with Crippen LogP contribution in [-0.4, -0.2) is 27.2 Å². The minimum absolute atomic E-state index is 0.0923. The van der Waals surface area contributed by atoms with Gasteiger partial charge in [-0.05, 0) is 55.4 Å². The van der Waals surface area contributed by atoms with Crippen LogP contribution >= 0.6 is 0 Å². The molecule has 2 heterocycles. The Bertz CT molecular complexity index is 1190. The summed E-state index contributed by atoms with van der Waals surface area (Å²) in [6, 6.07) is 19.5. The summed E-state index contributed by atoms with van der Waals surface area (Å²) in [7, 11) is 0. The lowest BCUT2D eigenvalue weighted by Gasteiger charge is -2.45. The van der Waals surface area contributed by atoms with E-state index in [4.69, 9.17) is 4.98 Å². The maximum absolute atomic E-state index is 13.9. The average molecular weight is 457 g/mol. The molecule has 1 fully saturated rings. The highest BCUT2D eigenvalue weighted by Crippen LogP contribution is 2.34. The van der Waals surface area contributed by atoms with E-state index in [2.05, 4.69) is 60.0 Å². The third-order valence-electron chi connectivity index (χ3n) is 7.75. The fourth-order valence-electron chi connectivity index (χ4n) is 5.65. The van der Waals surface area contributed by atoms with Crippen molar-refractivity contribution in [2.24, 2.45) is 5.92 Å². The second kappa shape index (κ2) is 9.75. The molecule has 1 saturated carbocycles. The molecule has 2 unspecified atom stereocenters. The number of aryl methyl sites for hydroxylation is 2. The zero-order chi connectivity index (χ0) is 23.7. The highest BCUT2D eigenvalue weighted by Gasteiger charge is 2.34. The molecule has 0 spiro atoms. The van der Waals surface area contributed by atoms with Crippen LogP contribution in [0.5, 0.6) is 0 Å². The van der Waals surface area contributed by atoms with E-state index in [1.807, 2.05) is 29.7 Å². The molecular weight excluding hydrogens is 420 g/mol. The highest BCUT2D eigenvalue weighted by atomic mass is 16.1. The molecule has 0 bridgehead atoms. The normalized spacial score (nSPS) is 20.9. The van der Waals surface area contributed by atoms with Crippen LogP contribution in [-0.2, 0) is 19.5 Å². The zero-order valence-corrected chi connectivity index (χ0v) is 20.7. The second-order valence-corrected chi connectivity index (χ2v) is 10.0.